The summed E-state index contributed by atoms with van der Waals surface area (Å²) in [5, 5.41) is 4.78. The first kappa shape index (κ1) is 9.42. The average Bonchev–Trinajstić information content (AvgIpc) is 1.99. The van der Waals surface area contributed by atoms with Crippen LogP contribution in [-0.4, -0.2) is 25.1 Å². The lowest BCUT2D eigenvalue weighted by atomic mass is 10.6. The van der Waals surface area contributed by atoms with Crippen LogP contribution in [0.4, 0.5) is 0 Å². The summed E-state index contributed by atoms with van der Waals surface area (Å²) in [5.41, 5.74) is 2.53. The molecule has 0 rings (SSSR count). The minimum Gasteiger partial charge on any atom is -0.316 e. The molecule has 0 amide bonds. The fraction of sp³-hybridized carbons (Fsp3) is 0.667. The number of hydrogen-bond acceptors (Lipinski definition) is 4. The summed E-state index contributed by atoms with van der Waals surface area (Å²) in [5.74, 6) is 5.17. The van der Waals surface area contributed by atoms with Gasteiger partial charge in [-0.05, 0) is 14.0 Å². The van der Waals surface area contributed by atoms with E-state index in [9.17, 15) is 0 Å². The predicted octanol–water partition coefficient (Wildman–Crippen LogP) is -0.580. The number of hydrazine groups is 2. The van der Waals surface area contributed by atoms with E-state index in [1.807, 2.05) is 26.2 Å². The molecule has 0 saturated carbocycles. The largest absolute Gasteiger partial charge is 0.316 e. The Bertz CT molecular complexity index is 87.7. The third-order valence-corrected chi connectivity index (χ3v) is 1.11. The smallest absolute Gasteiger partial charge is 0.0322 e. The lowest BCUT2D eigenvalue weighted by molar-refractivity contribution is 0.289. The van der Waals surface area contributed by atoms with E-state index in [2.05, 4.69) is 10.9 Å². The molecule has 0 heterocycles. The summed E-state index contributed by atoms with van der Waals surface area (Å²) in [6.07, 6.45) is 3.89. The van der Waals surface area contributed by atoms with Gasteiger partial charge in [-0.15, -0.1) is 0 Å². The Kier molecular flexibility index (Phi) is 6.16. The summed E-state index contributed by atoms with van der Waals surface area (Å²) in [6.45, 7) is 3.73. The van der Waals surface area contributed by atoms with Crippen LogP contribution in [0.5, 0.6) is 0 Å². The summed E-state index contributed by atoms with van der Waals surface area (Å²) in [6, 6.07) is 0. The third kappa shape index (κ3) is 4.31. The second kappa shape index (κ2) is 6.54. The Morgan fingerprint density at radius 3 is 2.70 bits per heavy atom. The van der Waals surface area contributed by atoms with Crippen LogP contribution >= 0.6 is 0 Å². The van der Waals surface area contributed by atoms with E-state index >= 15 is 0 Å². The van der Waals surface area contributed by atoms with Crippen molar-refractivity contribution in [2.75, 3.05) is 20.1 Å². The molecule has 0 saturated heterocycles. The van der Waals surface area contributed by atoms with E-state index in [-0.39, 0.29) is 0 Å². The van der Waals surface area contributed by atoms with Gasteiger partial charge in [0.15, 0.2) is 0 Å². The molecule has 0 aromatic carbocycles. The molecule has 0 aliphatic heterocycles. The lowest BCUT2D eigenvalue weighted by Crippen LogP contribution is -2.38. The van der Waals surface area contributed by atoms with Gasteiger partial charge in [-0.2, -0.15) is 5.53 Å². The standard InChI is InChI=1S/C6H16N4/c1-3-10(9-7)6-4-5-8-2/h4,6,8-9H,3,5,7H2,1-2H3/b6-4+. The van der Waals surface area contributed by atoms with E-state index in [0.29, 0.717) is 0 Å². The summed E-state index contributed by atoms with van der Waals surface area (Å²) < 4.78 is 0. The van der Waals surface area contributed by atoms with Gasteiger partial charge in [0.25, 0.3) is 0 Å². The summed E-state index contributed by atoms with van der Waals surface area (Å²) >= 11 is 0. The second-order valence-electron chi connectivity index (χ2n) is 1.86. The van der Waals surface area contributed by atoms with E-state index in [1.165, 1.54) is 0 Å². The minimum atomic E-state index is 0.858. The zero-order valence-corrected chi connectivity index (χ0v) is 6.59. The normalized spacial score (nSPS) is 10.7. The van der Waals surface area contributed by atoms with E-state index in [1.54, 1.807) is 5.01 Å². The van der Waals surface area contributed by atoms with Crippen molar-refractivity contribution in [3.8, 4) is 0 Å². The molecule has 60 valence electrons. The maximum absolute atomic E-state index is 5.17. The van der Waals surface area contributed by atoms with Crippen LogP contribution in [-0.2, 0) is 0 Å². The molecule has 0 aromatic rings. The Balaban J connectivity index is 3.40. The SMILES string of the molecule is CCN(/C=C/CNC)NN. The van der Waals surface area contributed by atoms with Crippen LogP contribution in [0.2, 0.25) is 0 Å². The number of hydrogen-bond donors (Lipinski definition) is 3. The molecule has 4 N–H and O–H groups in total. The molecule has 0 aromatic heterocycles. The molecular weight excluding hydrogens is 128 g/mol. The zero-order chi connectivity index (χ0) is 7.82. The lowest BCUT2D eigenvalue weighted by Gasteiger charge is -2.14. The minimum absolute atomic E-state index is 0.858. The monoisotopic (exact) mass is 144 g/mol. The zero-order valence-electron chi connectivity index (χ0n) is 6.59. The van der Waals surface area contributed by atoms with Crippen LogP contribution in [0.25, 0.3) is 0 Å². The van der Waals surface area contributed by atoms with Crippen molar-refractivity contribution in [3.63, 3.8) is 0 Å². The Morgan fingerprint density at radius 2 is 2.30 bits per heavy atom. The molecule has 4 nitrogen and oxygen atoms in total. The first-order valence-corrected chi connectivity index (χ1v) is 3.39. The maximum Gasteiger partial charge on any atom is 0.0322 e. The Hall–Kier alpha value is -0.580. The van der Waals surface area contributed by atoms with Gasteiger partial charge >= 0.3 is 0 Å². The van der Waals surface area contributed by atoms with Crippen molar-refractivity contribution in [2.24, 2.45) is 5.84 Å². The van der Waals surface area contributed by atoms with Crippen molar-refractivity contribution in [3.05, 3.63) is 12.3 Å². The van der Waals surface area contributed by atoms with E-state index in [0.717, 1.165) is 13.1 Å². The average molecular weight is 144 g/mol. The van der Waals surface area contributed by atoms with Crippen LogP contribution in [0.15, 0.2) is 12.3 Å². The highest BCUT2D eigenvalue weighted by atomic mass is 15.6. The van der Waals surface area contributed by atoms with Crippen molar-refractivity contribution in [1.29, 1.82) is 0 Å². The highest BCUT2D eigenvalue weighted by Gasteiger charge is 1.85. The topological polar surface area (TPSA) is 53.3 Å². The Morgan fingerprint density at radius 1 is 1.60 bits per heavy atom. The quantitative estimate of drug-likeness (QED) is 0.357. The summed E-state index contributed by atoms with van der Waals surface area (Å²) in [4.78, 5) is 0. The van der Waals surface area contributed by atoms with Crippen molar-refractivity contribution in [1.82, 2.24) is 15.9 Å². The van der Waals surface area contributed by atoms with Gasteiger partial charge in [-0.25, -0.2) is 0 Å². The fourth-order valence-corrected chi connectivity index (χ4v) is 0.538. The first-order valence-electron chi connectivity index (χ1n) is 3.39. The Labute approximate surface area is 62.0 Å². The molecule has 0 spiro atoms. The van der Waals surface area contributed by atoms with Gasteiger partial charge < -0.3 is 10.3 Å². The molecule has 0 radical (unpaired) electrons. The number of rotatable bonds is 5. The van der Waals surface area contributed by atoms with Crippen molar-refractivity contribution in [2.45, 2.75) is 6.92 Å². The number of nitrogens with zero attached hydrogens (tertiary/aromatic N) is 1. The highest BCUT2D eigenvalue weighted by Crippen LogP contribution is 1.79. The molecule has 4 heteroatoms. The molecule has 0 aliphatic carbocycles. The number of nitrogens with two attached hydrogens (primary N) is 1. The molecule has 0 aliphatic rings. The van der Waals surface area contributed by atoms with Crippen LogP contribution in [0, 0.1) is 0 Å². The highest BCUT2D eigenvalue weighted by molar-refractivity contribution is 4.81. The van der Waals surface area contributed by atoms with Gasteiger partial charge in [0.2, 0.25) is 0 Å². The van der Waals surface area contributed by atoms with E-state index < -0.39 is 0 Å². The molecule has 0 unspecified atom stereocenters. The van der Waals surface area contributed by atoms with Gasteiger partial charge in [0.05, 0.1) is 0 Å². The molecular formula is C6H16N4. The van der Waals surface area contributed by atoms with Gasteiger partial charge in [-0.1, -0.05) is 6.08 Å². The first-order chi connectivity index (χ1) is 4.85. The molecule has 10 heavy (non-hydrogen) atoms. The van der Waals surface area contributed by atoms with Crippen LogP contribution in [0.3, 0.4) is 0 Å². The predicted molar refractivity (Wildman–Crippen MR) is 42.8 cm³/mol. The second-order valence-corrected chi connectivity index (χ2v) is 1.86. The third-order valence-electron chi connectivity index (χ3n) is 1.11. The van der Waals surface area contributed by atoms with Gasteiger partial charge in [0, 0.05) is 19.3 Å². The number of nitrogens with one attached hydrogen (secondary N) is 2. The van der Waals surface area contributed by atoms with Crippen LogP contribution in [0.1, 0.15) is 6.92 Å². The molecule has 0 atom stereocenters. The molecule has 0 fully saturated rings. The van der Waals surface area contributed by atoms with Crippen LogP contribution < -0.4 is 16.7 Å². The maximum atomic E-state index is 5.17. The summed E-state index contributed by atoms with van der Waals surface area (Å²) in [7, 11) is 1.90. The number of likely N-dealkylation sites (N-methyl/N-ethyl adjacent to an activating group) is 1. The van der Waals surface area contributed by atoms with E-state index in [4.69, 9.17) is 5.84 Å². The molecule has 0 bridgehead atoms. The fourth-order valence-electron chi connectivity index (χ4n) is 0.538. The van der Waals surface area contributed by atoms with Crippen molar-refractivity contribution >= 4 is 0 Å². The van der Waals surface area contributed by atoms with Crippen molar-refractivity contribution < 1.29 is 0 Å². The van der Waals surface area contributed by atoms with Gasteiger partial charge in [0.1, 0.15) is 0 Å². The van der Waals surface area contributed by atoms with Gasteiger partial charge in [-0.3, -0.25) is 5.84 Å².